The van der Waals surface area contributed by atoms with Gasteiger partial charge in [-0.1, -0.05) is 73.3 Å². The molecule has 0 bridgehead atoms. The molecule has 4 aromatic carbocycles. The number of ether oxygens (including phenoxy) is 3. The zero-order chi connectivity index (χ0) is 31.9. The molecule has 11 nitrogen and oxygen atoms in total. The normalized spacial score (nSPS) is 19.4. The number of aliphatic hydroxyl groups is 1. The van der Waals surface area contributed by atoms with Crippen LogP contribution in [0, 0.1) is 5.92 Å². The number of thioether (sulfide) groups is 1. The van der Waals surface area contributed by atoms with Gasteiger partial charge in [-0.25, -0.2) is 9.48 Å². The van der Waals surface area contributed by atoms with E-state index in [1.54, 1.807) is 36.0 Å². The van der Waals surface area contributed by atoms with E-state index in [9.17, 15) is 9.90 Å². The van der Waals surface area contributed by atoms with Crippen LogP contribution >= 0.6 is 11.8 Å². The monoisotopic (exact) mass is 638 g/mol. The molecule has 4 unspecified atom stereocenters. The molecule has 5 aromatic rings. The minimum Gasteiger partial charge on any atom is -0.457 e. The Labute approximate surface area is 270 Å². The summed E-state index contributed by atoms with van der Waals surface area (Å²) in [5, 5.41) is 27.7. The van der Waals surface area contributed by atoms with Crippen molar-refractivity contribution in [3.05, 3.63) is 120 Å². The van der Waals surface area contributed by atoms with Gasteiger partial charge in [0.2, 0.25) is 5.16 Å². The lowest BCUT2D eigenvalue weighted by Crippen LogP contribution is -2.38. The van der Waals surface area contributed by atoms with Gasteiger partial charge in [-0.05, 0) is 70.1 Å². The predicted octanol–water partition coefficient (Wildman–Crippen LogP) is 6.72. The Morgan fingerprint density at radius 3 is 2.35 bits per heavy atom. The number of anilines is 2. The van der Waals surface area contributed by atoms with Crippen molar-refractivity contribution in [3.8, 4) is 11.5 Å². The highest BCUT2D eigenvalue weighted by atomic mass is 32.2. The first kappa shape index (κ1) is 31.2. The zero-order valence-corrected chi connectivity index (χ0v) is 26.1. The highest BCUT2D eigenvalue weighted by Crippen LogP contribution is 2.43. The van der Waals surface area contributed by atoms with Crippen molar-refractivity contribution >= 4 is 29.2 Å². The van der Waals surface area contributed by atoms with Crippen LogP contribution in [0.5, 0.6) is 11.5 Å². The number of amides is 2. The third-order valence-electron chi connectivity index (χ3n) is 7.59. The van der Waals surface area contributed by atoms with Crippen LogP contribution in [0.1, 0.15) is 36.0 Å². The molecule has 236 valence electrons. The topological polar surface area (TPSA) is 133 Å². The first-order valence-corrected chi connectivity index (χ1v) is 15.8. The Bertz CT molecular complexity index is 1740. The fourth-order valence-electron chi connectivity index (χ4n) is 5.10. The predicted molar refractivity (Wildman–Crippen MR) is 175 cm³/mol. The van der Waals surface area contributed by atoms with Crippen molar-refractivity contribution in [2.75, 3.05) is 16.4 Å². The minimum absolute atomic E-state index is 0.00137. The van der Waals surface area contributed by atoms with Crippen LogP contribution in [0.15, 0.2) is 108 Å². The molecule has 0 aliphatic carbocycles. The maximum Gasteiger partial charge on any atom is 0.323 e. The molecule has 3 N–H and O–H groups in total. The molecule has 2 heterocycles. The third kappa shape index (κ3) is 7.72. The molecule has 6 rings (SSSR count). The van der Waals surface area contributed by atoms with Gasteiger partial charge in [-0.15, -0.1) is 5.10 Å². The van der Waals surface area contributed by atoms with Crippen LogP contribution in [0.2, 0.25) is 0 Å². The van der Waals surface area contributed by atoms with E-state index in [4.69, 9.17) is 14.2 Å². The van der Waals surface area contributed by atoms with Gasteiger partial charge in [0.1, 0.15) is 11.5 Å². The summed E-state index contributed by atoms with van der Waals surface area (Å²) in [7, 11) is 1.80. The first-order valence-electron chi connectivity index (χ1n) is 14.8. The molecule has 0 saturated carbocycles. The molecular weight excluding hydrogens is 604 g/mol. The molecule has 0 radical (unpaired) electrons. The summed E-state index contributed by atoms with van der Waals surface area (Å²) in [5.74, 6) is 2.01. The van der Waals surface area contributed by atoms with E-state index >= 15 is 0 Å². The molecule has 1 fully saturated rings. The third-order valence-corrected chi connectivity index (χ3v) is 8.69. The number of nitrogens with one attached hydrogen (secondary N) is 2. The Kier molecular flexibility index (Phi) is 9.89. The lowest BCUT2D eigenvalue weighted by molar-refractivity contribution is -0.268. The smallest absolute Gasteiger partial charge is 0.323 e. The number of urea groups is 1. The minimum atomic E-state index is -0.691. The van der Waals surface area contributed by atoms with Gasteiger partial charge >= 0.3 is 6.03 Å². The van der Waals surface area contributed by atoms with Gasteiger partial charge in [0.05, 0.1) is 18.8 Å². The van der Waals surface area contributed by atoms with Gasteiger partial charge in [0.25, 0.3) is 0 Å². The van der Waals surface area contributed by atoms with Crippen LogP contribution in [0.3, 0.4) is 0 Å². The molecule has 1 saturated heterocycles. The Balaban J connectivity index is 1.14. The summed E-state index contributed by atoms with van der Waals surface area (Å²) < 4.78 is 20.6. The van der Waals surface area contributed by atoms with Crippen molar-refractivity contribution in [3.63, 3.8) is 0 Å². The van der Waals surface area contributed by atoms with Crippen molar-refractivity contribution in [1.82, 2.24) is 20.2 Å². The Hall–Kier alpha value is -4.75. The molecule has 1 aliphatic rings. The van der Waals surface area contributed by atoms with E-state index < -0.39 is 6.29 Å². The van der Waals surface area contributed by atoms with Crippen LogP contribution in [0.4, 0.5) is 16.2 Å². The van der Waals surface area contributed by atoms with Gasteiger partial charge < -0.3 is 30.0 Å². The highest BCUT2D eigenvalue weighted by molar-refractivity contribution is 7.99. The molecule has 1 aromatic heterocycles. The average molecular weight is 639 g/mol. The molecule has 46 heavy (non-hydrogen) atoms. The SMILES string of the molecule is CC1C(CSc2nnnn2C)OC(c2cccc(NC(=O)Nc3ccc(Oc4ccccc4)cc3)c2)OC1c1ccc(CO)cc1. The fraction of sp³-hybridized carbons (Fsp3) is 0.235. The van der Waals surface area contributed by atoms with Crippen molar-refractivity contribution in [2.45, 2.75) is 37.2 Å². The molecule has 1 aliphatic heterocycles. The summed E-state index contributed by atoms with van der Waals surface area (Å²) in [6.45, 7) is 2.07. The number of aliphatic hydroxyl groups excluding tert-OH is 1. The van der Waals surface area contributed by atoms with Gasteiger partial charge in [-0.3, -0.25) is 0 Å². The number of aryl methyl sites for hydroxylation is 1. The summed E-state index contributed by atoms with van der Waals surface area (Å²) in [5.41, 5.74) is 3.79. The van der Waals surface area contributed by atoms with Crippen molar-refractivity contribution in [1.29, 1.82) is 0 Å². The van der Waals surface area contributed by atoms with Crippen molar-refractivity contribution < 1.29 is 24.1 Å². The standard InChI is InChI=1S/C34H34N6O5S/c1-22-30(21-46-34-37-38-39-40(34)2)44-32(45-31(22)24-13-11-23(20-41)12-14-24)25-7-6-8-27(19-25)36-33(42)35-26-15-17-29(18-16-26)43-28-9-4-3-5-10-28/h3-19,22,30-32,41H,20-21H2,1-2H3,(H2,35,36,42). The lowest BCUT2D eigenvalue weighted by Gasteiger charge is -2.41. The Morgan fingerprint density at radius 2 is 1.63 bits per heavy atom. The number of rotatable bonds is 10. The van der Waals surface area contributed by atoms with Crippen molar-refractivity contribution in [2.24, 2.45) is 13.0 Å². The number of carbonyl (C=O) groups is 1. The number of aromatic nitrogens is 4. The molecule has 2 amide bonds. The zero-order valence-electron chi connectivity index (χ0n) is 25.3. The number of tetrazole rings is 1. The lowest BCUT2D eigenvalue weighted by atomic mass is 9.91. The quantitative estimate of drug-likeness (QED) is 0.143. The van der Waals surface area contributed by atoms with Crippen LogP contribution in [-0.4, -0.2) is 43.2 Å². The maximum absolute atomic E-state index is 12.9. The fourth-order valence-corrected chi connectivity index (χ4v) is 6.11. The van der Waals surface area contributed by atoms with Gasteiger partial charge in [-0.2, -0.15) is 0 Å². The van der Waals surface area contributed by atoms with E-state index in [1.807, 2.05) is 78.9 Å². The number of nitrogens with zero attached hydrogens (tertiary/aromatic N) is 4. The van der Waals surface area contributed by atoms with Gasteiger partial charge in [0.15, 0.2) is 6.29 Å². The van der Waals surface area contributed by atoms with Gasteiger partial charge in [0, 0.05) is 35.7 Å². The van der Waals surface area contributed by atoms with Crippen LogP contribution < -0.4 is 15.4 Å². The molecule has 12 heteroatoms. The number of hydrogen-bond donors (Lipinski definition) is 3. The first-order chi connectivity index (χ1) is 22.4. The number of hydrogen-bond acceptors (Lipinski definition) is 9. The second-order valence-electron chi connectivity index (χ2n) is 10.9. The number of para-hydroxylation sites is 1. The number of benzene rings is 4. The van der Waals surface area contributed by atoms with E-state index in [-0.39, 0.29) is 30.8 Å². The summed E-state index contributed by atoms with van der Waals surface area (Å²) in [6.07, 6.45) is -1.16. The molecule has 4 atom stereocenters. The van der Waals surface area contributed by atoms with E-state index in [1.165, 1.54) is 11.8 Å². The largest absolute Gasteiger partial charge is 0.457 e. The summed E-state index contributed by atoms with van der Waals surface area (Å²) >= 11 is 1.52. The van der Waals surface area contributed by atoms with E-state index in [2.05, 4.69) is 33.1 Å². The second kappa shape index (κ2) is 14.6. The summed E-state index contributed by atoms with van der Waals surface area (Å²) in [6, 6.07) is 31.5. The molecule has 0 spiro atoms. The van der Waals surface area contributed by atoms with Crippen LogP contribution in [-0.2, 0) is 23.1 Å². The average Bonchev–Trinajstić information content (AvgIpc) is 3.50. The second-order valence-corrected chi connectivity index (χ2v) is 11.8. The number of carbonyl (C=O) groups excluding carboxylic acids is 1. The van der Waals surface area contributed by atoms with E-state index in [0.717, 1.165) is 22.4 Å². The highest BCUT2D eigenvalue weighted by Gasteiger charge is 2.38. The molecular formula is C34H34N6O5S. The summed E-state index contributed by atoms with van der Waals surface area (Å²) in [4.78, 5) is 12.9. The van der Waals surface area contributed by atoms with E-state index in [0.29, 0.717) is 28.0 Å². The Morgan fingerprint density at radius 1 is 0.891 bits per heavy atom. The maximum atomic E-state index is 12.9. The van der Waals surface area contributed by atoms with Crippen LogP contribution in [0.25, 0.3) is 0 Å².